The molecule has 0 aromatic rings. The van der Waals surface area contributed by atoms with Gasteiger partial charge in [-0.2, -0.15) is 0 Å². The lowest BCUT2D eigenvalue weighted by molar-refractivity contribution is -0.153. The lowest BCUT2D eigenvalue weighted by Gasteiger charge is -2.12. The third-order valence-corrected chi connectivity index (χ3v) is 2.10. The molecule has 0 aliphatic heterocycles. The highest BCUT2D eigenvalue weighted by Gasteiger charge is 2.11. The average Bonchev–Trinajstić information content (AvgIpc) is 2.34. The Bertz CT molecular complexity index is 216. The van der Waals surface area contributed by atoms with Crippen molar-refractivity contribution < 1.29 is 24.9 Å². The molecule has 0 aromatic carbocycles. The number of hydrogen-bond acceptors (Lipinski definition) is 6. The number of nitrogens with one attached hydrogen (secondary N) is 1. The van der Waals surface area contributed by atoms with Crippen molar-refractivity contribution in [3.8, 4) is 0 Å². The minimum absolute atomic E-state index is 0.284. The lowest BCUT2D eigenvalue weighted by atomic mass is 10.2. The third-order valence-electron chi connectivity index (χ3n) is 2.10. The van der Waals surface area contributed by atoms with Crippen molar-refractivity contribution >= 4 is 5.97 Å². The van der Waals surface area contributed by atoms with Crippen LogP contribution in [0.3, 0.4) is 0 Å². The summed E-state index contributed by atoms with van der Waals surface area (Å²) in [5, 5.41) is 28.6. The number of rotatable bonds is 10. The zero-order chi connectivity index (χ0) is 12.9. The Morgan fingerprint density at radius 3 is 2.53 bits per heavy atom. The number of unbranched alkanes of at least 4 members (excludes halogenated alkanes) is 2. The van der Waals surface area contributed by atoms with E-state index >= 15 is 0 Å². The highest BCUT2D eigenvalue weighted by Crippen LogP contribution is 2.02. The SMILES string of the molecule is O=C(CCCCCN/C=C\O)OC(CO)CO. The molecule has 100 valence electrons. The number of carbonyl (C=O) groups is 1. The predicted molar refractivity (Wildman–Crippen MR) is 62.3 cm³/mol. The van der Waals surface area contributed by atoms with E-state index in [0.29, 0.717) is 6.42 Å². The topological polar surface area (TPSA) is 99.0 Å². The van der Waals surface area contributed by atoms with E-state index in [0.717, 1.165) is 25.6 Å². The molecular weight excluding hydrogens is 226 g/mol. The largest absolute Gasteiger partial charge is 0.514 e. The maximum absolute atomic E-state index is 11.2. The standard InChI is InChI=1S/C11H21NO5/c13-7-6-12-5-3-1-2-4-11(16)17-10(8-14)9-15/h6-7,10,12-15H,1-5,8-9H2/b7-6-. The van der Waals surface area contributed by atoms with Gasteiger partial charge in [-0.1, -0.05) is 6.42 Å². The molecule has 0 heterocycles. The van der Waals surface area contributed by atoms with Gasteiger partial charge in [-0.05, 0) is 12.8 Å². The summed E-state index contributed by atoms with van der Waals surface area (Å²) in [6.45, 7) is 0.0152. The van der Waals surface area contributed by atoms with Crippen molar-refractivity contribution in [3.05, 3.63) is 12.5 Å². The van der Waals surface area contributed by atoms with E-state index < -0.39 is 12.1 Å². The van der Waals surface area contributed by atoms with E-state index in [4.69, 9.17) is 20.1 Å². The van der Waals surface area contributed by atoms with Crippen LogP contribution in [-0.2, 0) is 9.53 Å². The van der Waals surface area contributed by atoms with Gasteiger partial charge in [-0.15, -0.1) is 0 Å². The van der Waals surface area contributed by atoms with Crippen molar-refractivity contribution in [2.45, 2.75) is 31.8 Å². The van der Waals surface area contributed by atoms with Crippen molar-refractivity contribution in [1.82, 2.24) is 5.32 Å². The van der Waals surface area contributed by atoms with Gasteiger partial charge in [-0.25, -0.2) is 0 Å². The van der Waals surface area contributed by atoms with Crippen LogP contribution in [0.4, 0.5) is 0 Å². The summed E-state index contributed by atoms with van der Waals surface area (Å²) < 4.78 is 4.80. The molecule has 6 nitrogen and oxygen atoms in total. The van der Waals surface area contributed by atoms with Gasteiger partial charge in [0.1, 0.15) is 6.10 Å². The Hall–Kier alpha value is -1.27. The van der Waals surface area contributed by atoms with Crippen LogP contribution in [0.2, 0.25) is 0 Å². The molecule has 0 amide bonds. The van der Waals surface area contributed by atoms with Crippen LogP contribution in [-0.4, -0.2) is 47.2 Å². The van der Waals surface area contributed by atoms with Crippen LogP contribution in [0.5, 0.6) is 0 Å². The van der Waals surface area contributed by atoms with Gasteiger partial charge in [0, 0.05) is 19.2 Å². The Morgan fingerprint density at radius 1 is 1.24 bits per heavy atom. The van der Waals surface area contributed by atoms with E-state index in [2.05, 4.69) is 5.32 Å². The molecule has 4 N–H and O–H groups in total. The fourth-order valence-electron chi connectivity index (χ4n) is 1.19. The molecule has 0 unspecified atom stereocenters. The summed E-state index contributed by atoms with van der Waals surface area (Å²) >= 11 is 0. The van der Waals surface area contributed by atoms with E-state index in [-0.39, 0.29) is 19.6 Å². The Kier molecular flexibility index (Phi) is 10.4. The van der Waals surface area contributed by atoms with Gasteiger partial charge in [0.05, 0.1) is 19.5 Å². The molecule has 0 saturated carbocycles. The van der Waals surface area contributed by atoms with Crippen molar-refractivity contribution in [1.29, 1.82) is 0 Å². The van der Waals surface area contributed by atoms with Crippen molar-refractivity contribution in [3.63, 3.8) is 0 Å². The Labute approximate surface area is 101 Å². The molecule has 0 saturated heterocycles. The second-order valence-corrected chi connectivity index (χ2v) is 3.56. The molecule has 0 fully saturated rings. The summed E-state index contributed by atoms with van der Waals surface area (Å²) in [7, 11) is 0. The fraction of sp³-hybridized carbons (Fsp3) is 0.727. The molecule has 0 aromatic heterocycles. The van der Waals surface area contributed by atoms with Gasteiger partial charge < -0.3 is 25.4 Å². The Balaban J connectivity index is 3.38. The smallest absolute Gasteiger partial charge is 0.306 e. The summed E-state index contributed by atoms with van der Waals surface area (Å²) in [6.07, 6.45) is 4.31. The number of esters is 1. The first-order chi connectivity index (χ1) is 8.24. The molecule has 0 spiro atoms. The molecule has 0 radical (unpaired) electrons. The van der Waals surface area contributed by atoms with Crippen molar-refractivity contribution in [2.24, 2.45) is 0 Å². The fourth-order valence-corrected chi connectivity index (χ4v) is 1.19. The average molecular weight is 247 g/mol. The minimum atomic E-state index is -0.807. The summed E-state index contributed by atoms with van der Waals surface area (Å²) in [4.78, 5) is 11.2. The van der Waals surface area contributed by atoms with E-state index in [1.165, 1.54) is 6.20 Å². The first-order valence-corrected chi connectivity index (χ1v) is 5.68. The van der Waals surface area contributed by atoms with Gasteiger partial charge in [0.15, 0.2) is 0 Å². The first kappa shape index (κ1) is 15.7. The highest BCUT2D eigenvalue weighted by atomic mass is 16.6. The van der Waals surface area contributed by atoms with Gasteiger partial charge in [-0.3, -0.25) is 4.79 Å². The normalized spacial score (nSPS) is 11.0. The summed E-state index contributed by atoms with van der Waals surface area (Å²) in [5.74, 6) is -0.402. The molecule has 0 atom stereocenters. The molecule has 17 heavy (non-hydrogen) atoms. The van der Waals surface area contributed by atoms with Crippen LogP contribution in [0.1, 0.15) is 25.7 Å². The van der Waals surface area contributed by atoms with E-state index in [9.17, 15) is 4.79 Å². The van der Waals surface area contributed by atoms with E-state index in [1.807, 2.05) is 0 Å². The molecular formula is C11H21NO5. The van der Waals surface area contributed by atoms with Crippen LogP contribution >= 0.6 is 0 Å². The summed E-state index contributed by atoms with van der Waals surface area (Å²) in [6, 6.07) is 0. The molecule has 0 aliphatic carbocycles. The maximum atomic E-state index is 11.2. The quantitative estimate of drug-likeness (QED) is 0.247. The number of hydrogen-bond donors (Lipinski definition) is 4. The molecule has 6 heteroatoms. The van der Waals surface area contributed by atoms with Crippen LogP contribution in [0.15, 0.2) is 12.5 Å². The van der Waals surface area contributed by atoms with Crippen molar-refractivity contribution in [2.75, 3.05) is 19.8 Å². The number of carbonyl (C=O) groups excluding carboxylic acids is 1. The number of aliphatic hydroxyl groups is 3. The second kappa shape index (κ2) is 11.2. The monoisotopic (exact) mass is 247 g/mol. The Morgan fingerprint density at radius 2 is 1.94 bits per heavy atom. The van der Waals surface area contributed by atoms with Gasteiger partial charge in [0.25, 0.3) is 0 Å². The number of aliphatic hydroxyl groups excluding tert-OH is 3. The van der Waals surface area contributed by atoms with Crippen LogP contribution in [0, 0.1) is 0 Å². The zero-order valence-corrected chi connectivity index (χ0v) is 9.84. The van der Waals surface area contributed by atoms with Gasteiger partial charge >= 0.3 is 5.97 Å². The summed E-state index contributed by atoms with van der Waals surface area (Å²) in [5.41, 5.74) is 0. The molecule has 0 aliphatic rings. The molecule has 0 rings (SSSR count). The van der Waals surface area contributed by atoms with Crippen LogP contribution in [0.25, 0.3) is 0 Å². The predicted octanol–water partition coefficient (Wildman–Crippen LogP) is 0.0620. The van der Waals surface area contributed by atoms with Gasteiger partial charge in [0.2, 0.25) is 0 Å². The maximum Gasteiger partial charge on any atom is 0.306 e. The first-order valence-electron chi connectivity index (χ1n) is 5.68. The lowest BCUT2D eigenvalue weighted by Crippen LogP contribution is -2.25. The second-order valence-electron chi connectivity index (χ2n) is 3.56. The number of ether oxygens (including phenoxy) is 1. The van der Waals surface area contributed by atoms with Crippen LogP contribution < -0.4 is 5.32 Å². The highest BCUT2D eigenvalue weighted by molar-refractivity contribution is 5.69. The molecule has 0 bridgehead atoms. The third kappa shape index (κ3) is 9.65. The minimum Gasteiger partial charge on any atom is -0.514 e. The zero-order valence-electron chi connectivity index (χ0n) is 9.84. The van der Waals surface area contributed by atoms with E-state index in [1.54, 1.807) is 0 Å².